The highest BCUT2D eigenvalue weighted by Crippen LogP contribution is 2.24. The van der Waals surface area contributed by atoms with E-state index in [-0.39, 0.29) is 11.9 Å². The number of piperidine rings is 1. The zero-order valence-corrected chi connectivity index (χ0v) is 15.1. The van der Waals surface area contributed by atoms with Gasteiger partial charge < -0.3 is 5.32 Å². The van der Waals surface area contributed by atoms with Crippen LogP contribution in [0.4, 0.5) is 5.69 Å². The number of amides is 1. The van der Waals surface area contributed by atoms with E-state index in [9.17, 15) is 4.79 Å². The van der Waals surface area contributed by atoms with Crippen molar-refractivity contribution in [2.45, 2.75) is 18.9 Å². The summed E-state index contributed by atoms with van der Waals surface area (Å²) in [5.41, 5.74) is 0.834. The van der Waals surface area contributed by atoms with E-state index in [0.29, 0.717) is 12.4 Å². The molecule has 3 aromatic rings. The van der Waals surface area contributed by atoms with Crippen molar-refractivity contribution >= 4 is 22.9 Å². The molecule has 0 spiro atoms. The molecule has 2 aromatic heterocycles. The van der Waals surface area contributed by atoms with E-state index in [1.54, 1.807) is 16.1 Å². The van der Waals surface area contributed by atoms with Crippen molar-refractivity contribution in [3.8, 4) is 10.7 Å². The summed E-state index contributed by atoms with van der Waals surface area (Å²) in [6.07, 6.45) is 1.83. The van der Waals surface area contributed by atoms with Crippen molar-refractivity contribution < 1.29 is 4.79 Å². The van der Waals surface area contributed by atoms with E-state index >= 15 is 0 Å². The molecule has 134 valence electrons. The minimum atomic E-state index is 0.0218. The molecule has 0 saturated carbocycles. The Balaban J connectivity index is 1.28. The molecule has 26 heavy (non-hydrogen) atoms. The van der Waals surface area contributed by atoms with Crippen molar-refractivity contribution in [3.05, 3.63) is 47.8 Å². The van der Waals surface area contributed by atoms with Gasteiger partial charge in [-0.3, -0.25) is 9.69 Å². The third-order valence-electron chi connectivity index (χ3n) is 4.48. The maximum Gasteiger partial charge on any atom is 0.238 e. The average molecular weight is 368 g/mol. The first-order valence-electron chi connectivity index (χ1n) is 8.68. The summed E-state index contributed by atoms with van der Waals surface area (Å²) in [5.74, 6) is 0.707. The lowest BCUT2D eigenvalue weighted by atomic mass is 10.1. The quantitative estimate of drug-likeness (QED) is 0.749. The molecule has 0 bridgehead atoms. The lowest BCUT2D eigenvalue weighted by Crippen LogP contribution is -2.40. The van der Waals surface area contributed by atoms with Crippen LogP contribution in [0.5, 0.6) is 0 Å². The fraction of sp³-hybridized carbons (Fsp3) is 0.333. The number of hydrogen-bond donors (Lipinski definition) is 1. The molecular weight excluding hydrogens is 348 g/mol. The van der Waals surface area contributed by atoms with Gasteiger partial charge in [0.25, 0.3) is 0 Å². The molecular formula is C18H20N6OS. The van der Waals surface area contributed by atoms with Crippen LogP contribution in [0.15, 0.2) is 47.8 Å². The Kier molecular flexibility index (Phi) is 5.03. The number of carbonyl (C=O) groups is 1. The number of thiophene rings is 1. The molecule has 0 radical (unpaired) electrons. The first kappa shape index (κ1) is 16.9. The topological polar surface area (TPSA) is 75.9 Å². The van der Waals surface area contributed by atoms with Crippen LogP contribution in [0, 0.1) is 0 Å². The van der Waals surface area contributed by atoms with E-state index in [2.05, 4.69) is 25.6 Å². The third kappa shape index (κ3) is 3.97. The van der Waals surface area contributed by atoms with E-state index in [1.165, 1.54) is 0 Å². The van der Waals surface area contributed by atoms with Crippen LogP contribution in [0.25, 0.3) is 10.7 Å². The number of nitrogens with one attached hydrogen (secondary N) is 1. The number of aromatic nitrogens is 4. The van der Waals surface area contributed by atoms with Gasteiger partial charge >= 0.3 is 0 Å². The molecule has 1 fully saturated rings. The second kappa shape index (κ2) is 7.76. The molecule has 1 aromatic carbocycles. The summed E-state index contributed by atoms with van der Waals surface area (Å²) >= 11 is 1.61. The van der Waals surface area contributed by atoms with Gasteiger partial charge in [0.05, 0.1) is 17.5 Å². The zero-order valence-electron chi connectivity index (χ0n) is 14.3. The van der Waals surface area contributed by atoms with Crippen LogP contribution >= 0.6 is 11.3 Å². The molecule has 3 heterocycles. The Morgan fingerprint density at radius 1 is 1.15 bits per heavy atom. The Bertz CT molecular complexity index is 840. The number of rotatable bonds is 5. The van der Waals surface area contributed by atoms with Crippen LogP contribution < -0.4 is 5.32 Å². The van der Waals surface area contributed by atoms with Crippen LogP contribution in [-0.2, 0) is 4.79 Å². The lowest BCUT2D eigenvalue weighted by molar-refractivity contribution is -0.117. The van der Waals surface area contributed by atoms with Gasteiger partial charge in [-0.25, -0.2) is 0 Å². The molecule has 0 atom stereocenters. The summed E-state index contributed by atoms with van der Waals surface area (Å²) in [6, 6.07) is 13.8. The molecule has 4 rings (SSSR count). The SMILES string of the molecule is O=C(CN1CCC(n2nnc(-c3cccs3)n2)CC1)Nc1ccccc1. The summed E-state index contributed by atoms with van der Waals surface area (Å²) in [7, 11) is 0. The molecule has 0 aliphatic carbocycles. The summed E-state index contributed by atoms with van der Waals surface area (Å²) < 4.78 is 0. The van der Waals surface area contributed by atoms with Gasteiger partial charge in [0.1, 0.15) is 0 Å². The average Bonchev–Trinajstić information content (AvgIpc) is 3.35. The Hall–Kier alpha value is -2.58. The van der Waals surface area contributed by atoms with Gasteiger partial charge in [-0.15, -0.1) is 21.5 Å². The number of tetrazole rings is 1. The van der Waals surface area contributed by atoms with Crippen LogP contribution in [0.1, 0.15) is 18.9 Å². The minimum Gasteiger partial charge on any atom is -0.325 e. The first-order valence-corrected chi connectivity index (χ1v) is 9.56. The Morgan fingerprint density at radius 3 is 2.69 bits per heavy atom. The molecule has 1 aliphatic heterocycles. The van der Waals surface area contributed by atoms with Crippen molar-refractivity contribution in [1.82, 2.24) is 25.1 Å². The second-order valence-corrected chi connectivity index (χ2v) is 7.28. The predicted molar refractivity (Wildman–Crippen MR) is 101 cm³/mol. The number of likely N-dealkylation sites (tertiary alicyclic amines) is 1. The number of carbonyl (C=O) groups excluding carboxylic acids is 1. The van der Waals surface area contributed by atoms with Crippen molar-refractivity contribution in [2.24, 2.45) is 0 Å². The summed E-state index contributed by atoms with van der Waals surface area (Å²) in [4.78, 5) is 17.1. The first-order chi connectivity index (χ1) is 12.8. The van der Waals surface area contributed by atoms with E-state index < -0.39 is 0 Å². The standard InChI is InChI=1S/C18H20N6OS/c25-17(19-14-5-2-1-3-6-14)13-23-10-8-15(9-11-23)24-21-18(20-22-24)16-7-4-12-26-16/h1-7,12,15H,8-11,13H2,(H,19,25). The third-order valence-corrected chi connectivity index (χ3v) is 5.34. The molecule has 0 unspecified atom stereocenters. The van der Waals surface area contributed by atoms with E-state index in [1.807, 2.05) is 47.8 Å². The highest BCUT2D eigenvalue weighted by Gasteiger charge is 2.24. The maximum atomic E-state index is 12.2. The molecule has 7 nitrogen and oxygen atoms in total. The lowest BCUT2D eigenvalue weighted by Gasteiger charge is -2.30. The molecule has 1 amide bonds. The summed E-state index contributed by atoms with van der Waals surface area (Å²) in [5, 5.41) is 17.9. The van der Waals surface area contributed by atoms with Gasteiger partial charge in [0.2, 0.25) is 11.7 Å². The largest absolute Gasteiger partial charge is 0.325 e. The fourth-order valence-corrected chi connectivity index (χ4v) is 3.77. The molecule has 1 aliphatic rings. The summed E-state index contributed by atoms with van der Waals surface area (Å²) in [6.45, 7) is 2.11. The molecule has 1 saturated heterocycles. The van der Waals surface area contributed by atoms with Gasteiger partial charge in [-0.2, -0.15) is 4.80 Å². The normalized spacial score (nSPS) is 15.8. The molecule has 1 N–H and O–H groups in total. The second-order valence-electron chi connectivity index (χ2n) is 6.33. The number of anilines is 1. The van der Waals surface area contributed by atoms with Gasteiger partial charge in [-0.05, 0) is 41.6 Å². The van der Waals surface area contributed by atoms with Crippen molar-refractivity contribution in [3.63, 3.8) is 0 Å². The monoisotopic (exact) mass is 368 g/mol. The van der Waals surface area contributed by atoms with Crippen molar-refractivity contribution in [1.29, 1.82) is 0 Å². The minimum absolute atomic E-state index is 0.0218. The van der Waals surface area contributed by atoms with E-state index in [0.717, 1.165) is 36.5 Å². The predicted octanol–water partition coefficient (Wildman–Crippen LogP) is 2.68. The van der Waals surface area contributed by atoms with Gasteiger partial charge in [-0.1, -0.05) is 24.3 Å². The number of para-hydroxylation sites is 1. The Labute approximate surface area is 155 Å². The number of benzene rings is 1. The van der Waals surface area contributed by atoms with Crippen LogP contribution in [0.3, 0.4) is 0 Å². The van der Waals surface area contributed by atoms with Crippen LogP contribution in [-0.4, -0.2) is 50.6 Å². The Morgan fingerprint density at radius 2 is 1.96 bits per heavy atom. The highest BCUT2D eigenvalue weighted by atomic mass is 32.1. The highest BCUT2D eigenvalue weighted by molar-refractivity contribution is 7.13. The van der Waals surface area contributed by atoms with E-state index in [4.69, 9.17) is 0 Å². The number of nitrogens with zero attached hydrogens (tertiary/aromatic N) is 5. The fourth-order valence-electron chi connectivity index (χ4n) is 3.12. The smallest absolute Gasteiger partial charge is 0.238 e. The number of hydrogen-bond acceptors (Lipinski definition) is 6. The molecule has 8 heteroatoms. The van der Waals surface area contributed by atoms with Crippen molar-refractivity contribution in [2.75, 3.05) is 25.0 Å². The zero-order chi connectivity index (χ0) is 17.8. The van der Waals surface area contributed by atoms with Crippen LogP contribution in [0.2, 0.25) is 0 Å². The van der Waals surface area contributed by atoms with Gasteiger partial charge in [0.15, 0.2) is 0 Å². The maximum absolute atomic E-state index is 12.2. The van der Waals surface area contributed by atoms with Gasteiger partial charge in [0, 0.05) is 18.8 Å².